The summed E-state index contributed by atoms with van der Waals surface area (Å²) in [6, 6.07) is 0. The molecule has 0 rings (SSSR count). The smallest absolute Gasteiger partial charge is 2.00 e. The molecular formula is NO4Ti-. The summed E-state index contributed by atoms with van der Waals surface area (Å²) in [7, 11) is 0. The molecule has 0 spiro atoms. The zero-order chi connectivity index (χ0) is 2.71. The summed E-state index contributed by atoms with van der Waals surface area (Å²) in [4.78, 5) is 8.00. The molecule has 0 N–H and O–H groups in total. The molecule has 6 heavy (non-hydrogen) atoms. The first-order valence-electron chi connectivity index (χ1n) is 0.365. The van der Waals surface area contributed by atoms with E-state index in [1.54, 1.807) is 0 Å². The van der Waals surface area contributed by atoms with Crippen LogP contribution in [0.2, 0.25) is 0 Å². The van der Waals surface area contributed by atoms with Crippen molar-refractivity contribution in [2.45, 2.75) is 0 Å². The Balaban J connectivity index is -0.00000000667. The molecule has 0 saturated heterocycles. The first-order valence-corrected chi connectivity index (χ1v) is 0.365. The summed E-state index contributed by atoms with van der Waals surface area (Å²) in [5, 5.41) is 9.00. The summed E-state index contributed by atoms with van der Waals surface area (Å²) < 4.78 is 0. The minimum atomic E-state index is 0. The zero-order valence-corrected chi connectivity index (χ0v) is 4.14. The van der Waals surface area contributed by atoms with Crippen molar-refractivity contribution in [1.82, 2.24) is 0 Å². The summed E-state index contributed by atoms with van der Waals surface area (Å²) in [6.45, 7) is 0. The van der Waals surface area contributed by atoms with Crippen LogP contribution in [0.25, 0.3) is 0 Å². The van der Waals surface area contributed by atoms with E-state index >= 15 is 0 Å². The van der Waals surface area contributed by atoms with E-state index in [1.807, 2.05) is 0 Å². The second-order valence-electron chi connectivity index (χ2n) is 0.0745. The van der Waals surface area contributed by atoms with E-state index in [9.17, 15) is 0 Å². The van der Waals surface area contributed by atoms with Crippen molar-refractivity contribution in [2.75, 3.05) is 0 Å². The van der Waals surface area contributed by atoms with Crippen LogP contribution in [0.5, 0.6) is 0 Å². The Hall–Kier alpha value is 0.0343. The zero-order valence-electron chi connectivity index (χ0n) is 2.58. The topological polar surface area (TPSA) is 109 Å². The molecule has 0 aliphatic heterocycles. The average Bonchev–Trinajstić information content (AvgIpc) is 0.918. The van der Waals surface area contributed by atoms with Crippen LogP contribution < -0.4 is 0 Å². The standard InChI is InChI=1S/HNO2.2O.Ti/c2-1-3;;;/h(H,2,3);;;/q;2*-2;+4/p-1. The van der Waals surface area contributed by atoms with Crippen molar-refractivity contribution in [1.29, 1.82) is 0 Å². The van der Waals surface area contributed by atoms with Crippen molar-refractivity contribution < 1.29 is 32.7 Å². The molecule has 0 aliphatic rings. The van der Waals surface area contributed by atoms with Crippen LogP contribution >= 0.6 is 0 Å². The Morgan fingerprint density at radius 3 is 1.33 bits per heavy atom. The summed E-state index contributed by atoms with van der Waals surface area (Å²) in [5.74, 6) is 0. The predicted octanol–water partition coefficient (Wildman–Crippen LogP) is 0.0105. The summed E-state index contributed by atoms with van der Waals surface area (Å²) >= 11 is 0. The van der Waals surface area contributed by atoms with Crippen LogP contribution in [0.15, 0.2) is 5.34 Å². The van der Waals surface area contributed by atoms with E-state index in [0.29, 0.717) is 0 Å². The van der Waals surface area contributed by atoms with Crippen molar-refractivity contribution in [3.63, 3.8) is 0 Å². The monoisotopic (exact) mass is 126 g/mol. The van der Waals surface area contributed by atoms with Crippen LogP contribution in [-0.4, -0.2) is 0 Å². The molecule has 0 radical (unpaired) electrons. The van der Waals surface area contributed by atoms with Crippen LogP contribution in [0.1, 0.15) is 0 Å². The van der Waals surface area contributed by atoms with Crippen molar-refractivity contribution >= 4 is 0 Å². The normalized spacial score (nSPS) is 2.00. The van der Waals surface area contributed by atoms with Crippen LogP contribution in [0, 0.1) is 10.1 Å². The molecule has 0 bridgehead atoms. The molecule has 0 heterocycles. The predicted molar refractivity (Wildman–Crippen MR) is 10.5 cm³/mol. The molecule has 6 heteroatoms. The Kier molecular flexibility index (Phi) is 472. The molecule has 0 aromatic carbocycles. The fourth-order valence-corrected chi connectivity index (χ4v) is 0. The van der Waals surface area contributed by atoms with Gasteiger partial charge in [0.25, 0.3) is 0 Å². The third-order valence-corrected chi connectivity index (χ3v) is 0. The molecule has 0 atom stereocenters. The van der Waals surface area contributed by atoms with Gasteiger partial charge in [0.2, 0.25) is 0 Å². The van der Waals surface area contributed by atoms with Crippen LogP contribution in [-0.2, 0) is 32.7 Å². The molecule has 0 unspecified atom stereocenters. The van der Waals surface area contributed by atoms with Gasteiger partial charge in [0.15, 0.2) is 0 Å². The van der Waals surface area contributed by atoms with Gasteiger partial charge in [-0.3, -0.25) is 0 Å². The number of nitrogens with zero attached hydrogens (tertiary/aromatic N) is 1. The van der Waals surface area contributed by atoms with Gasteiger partial charge in [-0.25, -0.2) is 0 Å². The number of hydrogen-bond donors (Lipinski definition) is 0. The molecule has 0 fully saturated rings. The number of rotatable bonds is 0. The Labute approximate surface area is 48.8 Å². The maximum absolute atomic E-state index is 8.00. The van der Waals surface area contributed by atoms with Gasteiger partial charge in [-0.05, 0) is 0 Å². The van der Waals surface area contributed by atoms with Gasteiger partial charge >= 0.3 is 21.7 Å². The third-order valence-electron chi connectivity index (χ3n) is 0. The molecule has 0 saturated carbocycles. The van der Waals surface area contributed by atoms with E-state index in [-0.39, 0.29) is 32.7 Å². The SMILES string of the molecule is O=N[O-].[O-2].[O-2].[Ti+4]. The molecule has 0 aliphatic carbocycles. The van der Waals surface area contributed by atoms with Gasteiger partial charge in [-0.15, -0.1) is 5.34 Å². The van der Waals surface area contributed by atoms with Crippen molar-refractivity contribution in [3.8, 4) is 0 Å². The average molecular weight is 126 g/mol. The van der Waals surface area contributed by atoms with E-state index in [2.05, 4.69) is 0 Å². The number of hydrogen-bond acceptors (Lipinski definition) is 3. The Morgan fingerprint density at radius 2 is 1.33 bits per heavy atom. The maximum atomic E-state index is 8.00. The summed E-state index contributed by atoms with van der Waals surface area (Å²) in [6.07, 6.45) is 0. The largest absolute Gasteiger partial charge is 4.00 e. The van der Waals surface area contributed by atoms with Crippen molar-refractivity contribution in [2.24, 2.45) is 5.34 Å². The van der Waals surface area contributed by atoms with E-state index in [4.69, 9.17) is 10.1 Å². The van der Waals surface area contributed by atoms with Crippen LogP contribution in [0.4, 0.5) is 0 Å². The Morgan fingerprint density at radius 1 is 1.33 bits per heavy atom. The van der Waals surface area contributed by atoms with Crippen molar-refractivity contribution in [3.05, 3.63) is 10.1 Å². The molecule has 5 nitrogen and oxygen atoms in total. The minimum absolute atomic E-state index is 0. The fraction of sp³-hybridized carbons (Fsp3) is 0. The minimum Gasteiger partial charge on any atom is -2.00 e. The van der Waals surface area contributed by atoms with Gasteiger partial charge in [-0.2, -0.15) is 0 Å². The van der Waals surface area contributed by atoms with Gasteiger partial charge in [0.1, 0.15) is 0 Å². The summed E-state index contributed by atoms with van der Waals surface area (Å²) in [5.41, 5.74) is 0. The maximum Gasteiger partial charge on any atom is 4.00 e. The first-order chi connectivity index (χ1) is 1.41. The van der Waals surface area contributed by atoms with E-state index in [0.717, 1.165) is 5.34 Å². The fourth-order valence-electron chi connectivity index (χ4n) is 0. The van der Waals surface area contributed by atoms with Gasteiger partial charge in [0, 0.05) is 0 Å². The van der Waals surface area contributed by atoms with Gasteiger partial charge < -0.3 is 21.1 Å². The molecule has 34 valence electrons. The van der Waals surface area contributed by atoms with Gasteiger partial charge in [0.05, 0.1) is 0 Å². The quantitative estimate of drug-likeness (QED) is 0.258. The van der Waals surface area contributed by atoms with E-state index in [1.165, 1.54) is 0 Å². The molecule has 0 amide bonds. The third kappa shape index (κ3) is 31600. The molecule has 0 aromatic heterocycles. The second-order valence-corrected chi connectivity index (χ2v) is 0.0745. The first kappa shape index (κ1) is 37.0. The van der Waals surface area contributed by atoms with E-state index < -0.39 is 0 Å². The molecular weight excluding hydrogens is 126 g/mol. The Bertz CT molecular complexity index is 15.0. The van der Waals surface area contributed by atoms with Crippen LogP contribution in [0.3, 0.4) is 0 Å². The second kappa shape index (κ2) is 76.6. The van der Waals surface area contributed by atoms with Gasteiger partial charge in [-0.1, -0.05) is 0 Å². The molecule has 0 aromatic rings.